The van der Waals surface area contributed by atoms with Crippen LogP contribution in [-0.4, -0.2) is 45.5 Å². The van der Waals surface area contributed by atoms with E-state index in [-0.39, 0.29) is 11.7 Å². The van der Waals surface area contributed by atoms with Crippen LogP contribution in [0.5, 0.6) is 0 Å². The van der Waals surface area contributed by atoms with E-state index in [1.54, 1.807) is 11.3 Å². The van der Waals surface area contributed by atoms with E-state index in [1.807, 2.05) is 42.3 Å². The molecule has 0 unspecified atom stereocenters. The molecule has 0 bridgehead atoms. The Kier molecular flexibility index (Phi) is 5.27. The molecule has 0 atom stereocenters. The Labute approximate surface area is 166 Å². The molecular weight excluding hydrogens is 378 g/mol. The van der Waals surface area contributed by atoms with Gasteiger partial charge in [0.15, 0.2) is 5.65 Å². The molecule has 27 heavy (non-hydrogen) atoms. The lowest BCUT2D eigenvalue weighted by Crippen LogP contribution is -2.34. The smallest absolute Gasteiger partial charge is 0.289 e. The van der Waals surface area contributed by atoms with Crippen LogP contribution in [0.4, 0.5) is 5.82 Å². The van der Waals surface area contributed by atoms with E-state index >= 15 is 0 Å². The Hall–Kier alpha value is -2.19. The summed E-state index contributed by atoms with van der Waals surface area (Å²) in [6.45, 7) is 6.32. The van der Waals surface area contributed by atoms with Crippen LogP contribution < -0.4 is 10.2 Å². The molecule has 0 aliphatic carbocycles. The minimum absolute atomic E-state index is 0.185. The first-order chi connectivity index (χ1) is 13.1. The highest BCUT2D eigenvalue weighted by molar-refractivity contribution is 7.99. The Balaban J connectivity index is 1.73. The number of hydrogen-bond donors (Lipinski definition) is 1. The number of nitrogens with one attached hydrogen (secondary N) is 1. The van der Waals surface area contributed by atoms with Crippen molar-refractivity contribution in [3.05, 3.63) is 45.5 Å². The van der Waals surface area contributed by atoms with Crippen LogP contribution in [0.1, 0.15) is 26.8 Å². The van der Waals surface area contributed by atoms with Crippen molar-refractivity contribution in [3.63, 3.8) is 0 Å². The lowest BCUT2D eigenvalue weighted by atomic mass is 10.1. The summed E-state index contributed by atoms with van der Waals surface area (Å²) in [6, 6.07) is 6.02. The maximum absolute atomic E-state index is 12.7. The molecule has 6 nitrogen and oxygen atoms in total. The van der Waals surface area contributed by atoms with Crippen LogP contribution in [0.15, 0.2) is 23.6 Å². The van der Waals surface area contributed by atoms with E-state index < -0.39 is 0 Å². The molecular formula is C19H21N5OS2. The van der Waals surface area contributed by atoms with Crippen LogP contribution in [-0.2, 0) is 6.54 Å². The Morgan fingerprint density at radius 2 is 2.04 bits per heavy atom. The van der Waals surface area contributed by atoms with Gasteiger partial charge in [-0.15, -0.1) is 11.3 Å². The molecule has 4 rings (SSSR count). The zero-order chi connectivity index (χ0) is 18.8. The normalized spacial score (nSPS) is 14.5. The summed E-state index contributed by atoms with van der Waals surface area (Å²) < 4.78 is 0. The van der Waals surface area contributed by atoms with E-state index in [0.29, 0.717) is 12.2 Å². The topological polar surface area (TPSA) is 71.0 Å². The zero-order valence-electron chi connectivity index (χ0n) is 15.4. The van der Waals surface area contributed by atoms with E-state index in [2.05, 4.69) is 32.1 Å². The minimum Gasteiger partial charge on any atom is -0.354 e. The molecule has 140 valence electrons. The fraction of sp³-hybridized carbons (Fsp3) is 0.368. The maximum atomic E-state index is 12.7. The van der Waals surface area contributed by atoms with Crippen molar-refractivity contribution in [2.75, 3.05) is 29.5 Å². The molecule has 1 amide bonds. The number of hydrogen-bond acceptors (Lipinski definition) is 7. The number of fused-ring (bicyclic) bond motifs is 1. The number of pyridine rings is 1. The Morgan fingerprint density at radius 1 is 1.22 bits per heavy atom. The second-order valence-electron chi connectivity index (χ2n) is 6.51. The molecule has 3 aromatic heterocycles. The summed E-state index contributed by atoms with van der Waals surface area (Å²) in [5, 5.41) is 5.86. The number of nitrogens with zero attached hydrogens (tertiary/aromatic N) is 4. The highest BCUT2D eigenvalue weighted by Gasteiger charge is 2.22. The maximum Gasteiger partial charge on any atom is 0.289 e. The Morgan fingerprint density at radius 3 is 2.78 bits per heavy atom. The molecule has 1 aliphatic rings. The van der Waals surface area contributed by atoms with E-state index in [9.17, 15) is 4.79 Å². The third-order valence-corrected chi connectivity index (χ3v) is 6.31. The van der Waals surface area contributed by atoms with Crippen LogP contribution in [0.2, 0.25) is 0 Å². The third kappa shape index (κ3) is 3.91. The van der Waals surface area contributed by atoms with Gasteiger partial charge in [-0.2, -0.15) is 11.8 Å². The number of carbonyl (C=O) groups excluding carboxylic acids is 1. The second kappa shape index (κ2) is 7.82. The summed E-state index contributed by atoms with van der Waals surface area (Å²) in [6.07, 6.45) is 0. The first kappa shape index (κ1) is 18.2. The molecule has 1 N–H and O–H groups in total. The van der Waals surface area contributed by atoms with Crippen LogP contribution in [0, 0.1) is 13.8 Å². The fourth-order valence-corrected chi connectivity index (χ4v) is 4.77. The van der Waals surface area contributed by atoms with Gasteiger partial charge in [0.05, 0.1) is 11.9 Å². The lowest BCUT2D eigenvalue weighted by Gasteiger charge is -2.28. The van der Waals surface area contributed by atoms with Crippen molar-refractivity contribution in [3.8, 4) is 0 Å². The van der Waals surface area contributed by atoms with Gasteiger partial charge in [0.25, 0.3) is 5.91 Å². The zero-order valence-corrected chi connectivity index (χ0v) is 17.0. The number of thioether (sulfide) groups is 1. The average molecular weight is 400 g/mol. The van der Waals surface area contributed by atoms with Crippen molar-refractivity contribution >= 4 is 45.9 Å². The summed E-state index contributed by atoms with van der Waals surface area (Å²) in [7, 11) is 0. The van der Waals surface area contributed by atoms with Crippen molar-refractivity contribution in [2.24, 2.45) is 0 Å². The molecule has 0 radical (unpaired) electrons. The molecule has 1 fully saturated rings. The molecule has 0 saturated carbocycles. The fourth-order valence-electron chi connectivity index (χ4n) is 3.22. The van der Waals surface area contributed by atoms with Crippen molar-refractivity contribution < 1.29 is 4.79 Å². The molecule has 4 heterocycles. The molecule has 1 aliphatic heterocycles. The standard InChI is InChI=1S/C19H21N5OS2/c1-12-10-13(2)21-16-15(12)18(24-5-8-26-9-6-24)23-17(22-16)19(25)20-11-14-4-3-7-27-14/h3-4,7,10H,5-6,8-9,11H2,1-2H3,(H,20,25). The molecule has 1 saturated heterocycles. The van der Waals surface area contributed by atoms with Gasteiger partial charge in [-0.1, -0.05) is 6.07 Å². The minimum atomic E-state index is -0.265. The first-order valence-corrected chi connectivity index (χ1v) is 10.9. The van der Waals surface area contributed by atoms with Crippen LogP contribution in [0.25, 0.3) is 11.0 Å². The van der Waals surface area contributed by atoms with Gasteiger partial charge in [-0.3, -0.25) is 4.79 Å². The van der Waals surface area contributed by atoms with E-state index in [4.69, 9.17) is 0 Å². The number of amides is 1. The quantitative estimate of drug-likeness (QED) is 0.727. The van der Waals surface area contributed by atoms with Crippen LogP contribution in [0.3, 0.4) is 0 Å². The summed E-state index contributed by atoms with van der Waals surface area (Å²) in [5.74, 6) is 2.86. The molecule has 8 heteroatoms. The van der Waals surface area contributed by atoms with Crippen molar-refractivity contribution in [2.45, 2.75) is 20.4 Å². The first-order valence-electron chi connectivity index (χ1n) is 8.91. The largest absolute Gasteiger partial charge is 0.354 e. The van der Waals surface area contributed by atoms with Gasteiger partial charge < -0.3 is 10.2 Å². The second-order valence-corrected chi connectivity index (χ2v) is 8.77. The third-order valence-electron chi connectivity index (χ3n) is 4.49. The predicted molar refractivity (Wildman–Crippen MR) is 112 cm³/mol. The van der Waals surface area contributed by atoms with Crippen molar-refractivity contribution in [1.29, 1.82) is 0 Å². The summed E-state index contributed by atoms with van der Waals surface area (Å²) >= 11 is 3.56. The predicted octanol–water partition coefficient (Wildman–Crippen LogP) is 3.19. The monoisotopic (exact) mass is 399 g/mol. The number of carbonyl (C=O) groups is 1. The average Bonchev–Trinajstić information content (AvgIpc) is 3.19. The van der Waals surface area contributed by atoms with Crippen LogP contribution >= 0.6 is 23.1 Å². The number of rotatable bonds is 4. The molecule has 0 aromatic carbocycles. The van der Waals surface area contributed by atoms with Gasteiger partial charge in [0.1, 0.15) is 5.82 Å². The van der Waals surface area contributed by atoms with Gasteiger partial charge in [0, 0.05) is 35.2 Å². The Bertz CT molecular complexity index is 968. The number of thiophene rings is 1. The van der Waals surface area contributed by atoms with Crippen molar-refractivity contribution in [1.82, 2.24) is 20.3 Å². The SMILES string of the molecule is Cc1cc(C)c2c(N3CCSCC3)nc(C(=O)NCc3cccs3)nc2n1. The highest BCUT2D eigenvalue weighted by atomic mass is 32.2. The lowest BCUT2D eigenvalue weighted by molar-refractivity contribution is 0.0941. The van der Waals surface area contributed by atoms with Gasteiger partial charge in [-0.25, -0.2) is 15.0 Å². The summed E-state index contributed by atoms with van der Waals surface area (Å²) in [5.41, 5.74) is 2.58. The van der Waals surface area contributed by atoms with Gasteiger partial charge in [-0.05, 0) is 36.9 Å². The summed E-state index contributed by atoms with van der Waals surface area (Å²) in [4.78, 5) is 29.8. The molecule has 3 aromatic rings. The van der Waals surface area contributed by atoms with Gasteiger partial charge >= 0.3 is 0 Å². The number of anilines is 1. The van der Waals surface area contributed by atoms with E-state index in [1.165, 1.54) is 0 Å². The highest BCUT2D eigenvalue weighted by Crippen LogP contribution is 2.28. The molecule has 0 spiro atoms. The van der Waals surface area contributed by atoms with E-state index in [0.717, 1.165) is 51.9 Å². The van der Waals surface area contributed by atoms with Gasteiger partial charge in [0.2, 0.25) is 5.82 Å². The number of aromatic nitrogens is 3. The number of aryl methyl sites for hydroxylation is 2.